The maximum absolute atomic E-state index is 12.6. The number of nitrogens with one attached hydrogen (secondary N) is 2. The van der Waals surface area contributed by atoms with Crippen LogP contribution in [0.5, 0.6) is 5.75 Å². The second-order valence-corrected chi connectivity index (χ2v) is 7.65. The molecule has 9 nitrogen and oxygen atoms in total. The second kappa shape index (κ2) is 9.67. The van der Waals surface area contributed by atoms with Gasteiger partial charge >= 0.3 is 5.69 Å². The quantitative estimate of drug-likeness (QED) is 0.220. The predicted molar refractivity (Wildman–Crippen MR) is 132 cm³/mol. The number of nitro benzene ring substituents is 1. The average molecular weight is 477 g/mol. The van der Waals surface area contributed by atoms with E-state index in [1.54, 1.807) is 6.92 Å². The molecule has 10 heteroatoms. The van der Waals surface area contributed by atoms with Crippen LogP contribution in [0.4, 0.5) is 11.4 Å². The summed E-state index contributed by atoms with van der Waals surface area (Å²) in [6.07, 6.45) is 0. The van der Waals surface area contributed by atoms with Crippen molar-refractivity contribution in [2.24, 2.45) is 0 Å². The van der Waals surface area contributed by atoms with Crippen molar-refractivity contribution in [2.45, 2.75) is 13.8 Å². The number of carbonyl (C=O) groups excluding carboxylic acids is 1. The van der Waals surface area contributed by atoms with Crippen LogP contribution in [-0.2, 0) is 0 Å². The van der Waals surface area contributed by atoms with Crippen molar-refractivity contribution in [3.05, 3.63) is 81.9 Å². The molecular weight excluding hydrogens is 456 g/mol. The van der Waals surface area contributed by atoms with E-state index in [1.165, 1.54) is 12.1 Å². The number of thiocarbonyl (C=S) groups is 1. The normalized spacial score (nSPS) is 10.6. The van der Waals surface area contributed by atoms with Crippen molar-refractivity contribution >= 4 is 45.7 Å². The Balaban J connectivity index is 1.51. The first-order chi connectivity index (χ1) is 16.4. The van der Waals surface area contributed by atoms with Gasteiger partial charge in [0, 0.05) is 22.9 Å². The summed E-state index contributed by atoms with van der Waals surface area (Å²) in [5, 5.41) is 16.9. The van der Waals surface area contributed by atoms with Crippen LogP contribution in [0.25, 0.3) is 22.6 Å². The Hall–Kier alpha value is -4.31. The monoisotopic (exact) mass is 476 g/mol. The number of ether oxygens (including phenoxy) is 1. The van der Waals surface area contributed by atoms with Crippen LogP contribution >= 0.6 is 12.2 Å². The minimum Gasteiger partial charge on any atom is -0.487 e. The molecule has 0 aliphatic carbocycles. The molecule has 0 aliphatic rings. The fourth-order valence-electron chi connectivity index (χ4n) is 3.40. The van der Waals surface area contributed by atoms with E-state index in [-0.39, 0.29) is 28.7 Å². The predicted octanol–water partition coefficient (Wildman–Crippen LogP) is 5.24. The molecule has 0 saturated heterocycles. The van der Waals surface area contributed by atoms with Crippen molar-refractivity contribution < 1.29 is 18.9 Å². The van der Waals surface area contributed by atoms with Crippen LogP contribution < -0.4 is 15.4 Å². The summed E-state index contributed by atoms with van der Waals surface area (Å²) >= 11 is 5.30. The summed E-state index contributed by atoms with van der Waals surface area (Å²) in [7, 11) is 0. The van der Waals surface area contributed by atoms with Gasteiger partial charge in [0.2, 0.25) is 5.89 Å². The number of nitro groups is 1. The first-order valence-electron chi connectivity index (χ1n) is 10.4. The van der Waals surface area contributed by atoms with Gasteiger partial charge in [-0.1, -0.05) is 18.2 Å². The number of oxazole rings is 1. The van der Waals surface area contributed by atoms with Crippen molar-refractivity contribution in [1.29, 1.82) is 0 Å². The molecule has 0 saturated carbocycles. The molecular formula is C24H20N4O5S. The Morgan fingerprint density at radius 1 is 1.18 bits per heavy atom. The summed E-state index contributed by atoms with van der Waals surface area (Å²) in [5.74, 6) is -0.0215. The fraction of sp³-hybridized carbons (Fsp3) is 0.125. The molecule has 0 fully saturated rings. The number of carbonyl (C=O) groups is 1. The Morgan fingerprint density at radius 3 is 2.71 bits per heavy atom. The summed E-state index contributed by atoms with van der Waals surface area (Å²) in [6.45, 7) is 3.87. The topological polar surface area (TPSA) is 120 Å². The minimum atomic E-state index is -0.598. The van der Waals surface area contributed by atoms with E-state index in [0.29, 0.717) is 17.2 Å². The standard InChI is InChI=1S/C24H20N4O5S/c1-3-32-21-12-11-15(13-19(21)28(30)31)22(29)27-24(34)26-17-9-6-7-16(14(17)2)23-25-18-8-4-5-10-20(18)33-23/h4-13H,3H2,1-2H3,(H2,26,27,29,34). The van der Waals surface area contributed by atoms with Crippen molar-refractivity contribution in [1.82, 2.24) is 10.3 Å². The molecule has 0 unspecified atom stereocenters. The molecule has 34 heavy (non-hydrogen) atoms. The van der Waals surface area contributed by atoms with Gasteiger partial charge in [-0.3, -0.25) is 20.2 Å². The lowest BCUT2D eigenvalue weighted by Gasteiger charge is -2.13. The van der Waals surface area contributed by atoms with E-state index >= 15 is 0 Å². The largest absolute Gasteiger partial charge is 0.487 e. The molecule has 3 aromatic carbocycles. The van der Waals surface area contributed by atoms with E-state index in [9.17, 15) is 14.9 Å². The zero-order valence-electron chi connectivity index (χ0n) is 18.3. The number of hydrogen-bond acceptors (Lipinski definition) is 7. The lowest BCUT2D eigenvalue weighted by Crippen LogP contribution is -2.34. The molecule has 0 aliphatic heterocycles. The number of aromatic nitrogens is 1. The highest BCUT2D eigenvalue weighted by Gasteiger charge is 2.20. The van der Waals surface area contributed by atoms with Gasteiger partial charge in [0.25, 0.3) is 5.91 Å². The molecule has 172 valence electrons. The number of anilines is 1. The highest BCUT2D eigenvalue weighted by molar-refractivity contribution is 7.80. The average Bonchev–Trinajstić information content (AvgIpc) is 3.24. The first kappa shape index (κ1) is 22.9. The lowest BCUT2D eigenvalue weighted by atomic mass is 10.1. The Kier molecular flexibility index (Phi) is 6.51. The molecule has 0 radical (unpaired) electrons. The van der Waals surface area contributed by atoms with Crippen LogP contribution in [0.3, 0.4) is 0 Å². The lowest BCUT2D eigenvalue weighted by molar-refractivity contribution is -0.385. The van der Waals surface area contributed by atoms with Gasteiger partial charge in [0.1, 0.15) is 5.52 Å². The van der Waals surface area contributed by atoms with Crippen LogP contribution in [0.2, 0.25) is 0 Å². The van der Waals surface area contributed by atoms with Gasteiger partial charge < -0.3 is 14.5 Å². The van der Waals surface area contributed by atoms with Gasteiger partial charge in [-0.15, -0.1) is 0 Å². The summed E-state index contributed by atoms with van der Waals surface area (Å²) in [5.41, 5.74) is 3.47. The molecule has 1 aromatic heterocycles. The highest BCUT2D eigenvalue weighted by atomic mass is 32.1. The Morgan fingerprint density at radius 2 is 1.97 bits per heavy atom. The number of para-hydroxylation sites is 2. The van der Waals surface area contributed by atoms with Gasteiger partial charge in [-0.25, -0.2) is 4.98 Å². The number of amides is 1. The van der Waals surface area contributed by atoms with E-state index in [2.05, 4.69) is 15.6 Å². The molecule has 4 rings (SSSR count). The maximum atomic E-state index is 12.6. The van der Waals surface area contributed by atoms with E-state index in [4.69, 9.17) is 21.4 Å². The molecule has 1 heterocycles. The SMILES string of the molecule is CCOc1ccc(C(=O)NC(=S)Nc2cccc(-c3nc4ccccc4o3)c2C)cc1[N+](=O)[O-]. The molecule has 0 spiro atoms. The van der Waals surface area contributed by atoms with Gasteiger partial charge in [0.05, 0.1) is 11.5 Å². The van der Waals surface area contributed by atoms with Crippen molar-refractivity contribution in [3.63, 3.8) is 0 Å². The number of benzene rings is 3. The number of hydrogen-bond donors (Lipinski definition) is 2. The first-order valence-corrected chi connectivity index (χ1v) is 10.8. The van der Waals surface area contributed by atoms with Crippen LogP contribution in [-0.4, -0.2) is 27.5 Å². The van der Waals surface area contributed by atoms with Gasteiger partial charge in [0.15, 0.2) is 16.4 Å². The van der Waals surface area contributed by atoms with E-state index in [0.717, 1.165) is 22.7 Å². The molecule has 0 atom stereocenters. The van der Waals surface area contributed by atoms with Crippen molar-refractivity contribution in [3.8, 4) is 17.2 Å². The molecule has 0 bridgehead atoms. The van der Waals surface area contributed by atoms with Crippen LogP contribution in [0.1, 0.15) is 22.8 Å². The Labute approximate surface area is 199 Å². The third-order valence-corrected chi connectivity index (χ3v) is 5.26. The van der Waals surface area contributed by atoms with Crippen LogP contribution in [0.15, 0.2) is 65.1 Å². The van der Waals surface area contributed by atoms with Gasteiger partial charge in [-0.05, 0) is 68.0 Å². The minimum absolute atomic E-state index is 0.0411. The third-order valence-electron chi connectivity index (χ3n) is 5.05. The zero-order valence-corrected chi connectivity index (χ0v) is 19.1. The summed E-state index contributed by atoms with van der Waals surface area (Å²) in [6, 6.07) is 17.0. The van der Waals surface area contributed by atoms with Crippen molar-refractivity contribution in [2.75, 3.05) is 11.9 Å². The number of fused-ring (bicyclic) bond motifs is 1. The smallest absolute Gasteiger partial charge is 0.311 e. The number of rotatable bonds is 6. The Bertz CT molecular complexity index is 1380. The zero-order chi connectivity index (χ0) is 24.2. The molecule has 4 aromatic rings. The molecule has 1 amide bonds. The van der Waals surface area contributed by atoms with Gasteiger partial charge in [-0.2, -0.15) is 0 Å². The van der Waals surface area contributed by atoms with E-state index in [1.807, 2.05) is 49.4 Å². The number of nitrogens with zero attached hydrogens (tertiary/aromatic N) is 2. The summed E-state index contributed by atoms with van der Waals surface area (Å²) in [4.78, 5) is 27.9. The molecule has 2 N–H and O–H groups in total. The maximum Gasteiger partial charge on any atom is 0.311 e. The highest BCUT2D eigenvalue weighted by Crippen LogP contribution is 2.31. The van der Waals surface area contributed by atoms with Crippen LogP contribution in [0, 0.1) is 17.0 Å². The third kappa shape index (κ3) is 4.71. The van der Waals surface area contributed by atoms with E-state index < -0.39 is 10.8 Å². The second-order valence-electron chi connectivity index (χ2n) is 7.25. The fourth-order valence-corrected chi connectivity index (χ4v) is 3.60. The summed E-state index contributed by atoms with van der Waals surface area (Å²) < 4.78 is 11.1.